The molecule has 124 valence electrons. The SMILES string of the molecule is CC1CCCCN1C(=O)COc1cccc(NC(=O)C2CC2)c1. The van der Waals surface area contributed by atoms with Crippen LogP contribution in [-0.4, -0.2) is 35.9 Å². The van der Waals surface area contributed by atoms with Crippen molar-refractivity contribution in [3.05, 3.63) is 24.3 Å². The maximum atomic E-state index is 12.3. The number of nitrogens with zero attached hydrogens (tertiary/aromatic N) is 1. The summed E-state index contributed by atoms with van der Waals surface area (Å²) in [6, 6.07) is 7.53. The summed E-state index contributed by atoms with van der Waals surface area (Å²) in [5, 5.41) is 2.89. The molecule has 1 aliphatic carbocycles. The number of benzene rings is 1. The quantitative estimate of drug-likeness (QED) is 0.909. The molecule has 1 aliphatic heterocycles. The number of hydrogen-bond donors (Lipinski definition) is 1. The summed E-state index contributed by atoms with van der Waals surface area (Å²) in [4.78, 5) is 26.0. The average Bonchev–Trinajstić information content (AvgIpc) is 3.38. The van der Waals surface area contributed by atoms with E-state index in [9.17, 15) is 9.59 Å². The van der Waals surface area contributed by atoms with E-state index in [1.165, 1.54) is 6.42 Å². The van der Waals surface area contributed by atoms with Crippen LogP contribution in [-0.2, 0) is 9.59 Å². The van der Waals surface area contributed by atoms with Gasteiger partial charge in [-0.25, -0.2) is 0 Å². The van der Waals surface area contributed by atoms with Crippen molar-refractivity contribution in [2.24, 2.45) is 5.92 Å². The Labute approximate surface area is 137 Å². The zero-order valence-corrected chi connectivity index (χ0v) is 13.6. The molecule has 0 aromatic heterocycles. The van der Waals surface area contributed by atoms with Gasteiger partial charge in [0.25, 0.3) is 5.91 Å². The molecule has 1 aromatic rings. The van der Waals surface area contributed by atoms with Crippen LogP contribution in [0.25, 0.3) is 0 Å². The molecule has 2 fully saturated rings. The van der Waals surface area contributed by atoms with Crippen LogP contribution in [0.5, 0.6) is 5.75 Å². The fourth-order valence-corrected chi connectivity index (χ4v) is 2.95. The Morgan fingerprint density at radius 3 is 2.83 bits per heavy atom. The summed E-state index contributed by atoms with van der Waals surface area (Å²) in [7, 11) is 0. The van der Waals surface area contributed by atoms with Gasteiger partial charge in [-0.05, 0) is 51.2 Å². The van der Waals surface area contributed by atoms with E-state index in [4.69, 9.17) is 4.74 Å². The van der Waals surface area contributed by atoms with Gasteiger partial charge in [0.15, 0.2) is 6.61 Å². The first-order valence-electron chi connectivity index (χ1n) is 8.46. The highest BCUT2D eigenvalue weighted by Crippen LogP contribution is 2.30. The van der Waals surface area contributed by atoms with Crippen molar-refractivity contribution in [2.45, 2.75) is 45.1 Å². The van der Waals surface area contributed by atoms with Crippen LogP contribution in [0.3, 0.4) is 0 Å². The standard InChI is InChI=1S/C18H24N2O3/c1-13-5-2-3-10-20(13)17(21)12-23-16-7-4-6-15(11-16)19-18(22)14-8-9-14/h4,6-7,11,13-14H,2-3,5,8-10,12H2,1H3,(H,19,22). The molecule has 1 N–H and O–H groups in total. The summed E-state index contributed by atoms with van der Waals surface area (Å²) >= 11 is 0. The molecular weight excluding hydrogens is 292 g/mol. The summed E-state index contributed by atoms with van der Waals surface area (Å²) in [5.41, 5.74) is 0.721. The fraction of sp³-hybridized carbons (Fsp3) is 0.556. The van der Waals surface area contributed by atoms with E-state index >= 15 is 0 Å². The molecule has 1 saturated heterocycles. The number of anilines is 1. The molecule has 23 heavy (non-hydrogen) atoms. The van der Waals surface area contributed by atoms with Gasteiger partial charge >= 0.3 is 0 Å². The van der Waals surface area contributed by atoms with Crippen LogP contribution in [0.2, 0.25) is 0 Å². The first kappa shape index (κ1) is 15.8. The van der Waals surface area contributed by atoms with Gasteiger partial charge in [0.05, 0.1) is 0 Å². The van der Waals surface area contributed by atoms with Crippen LogP contribution in [0, 0.1) is 5.92 Å². The second-order valence-electron chi connectivity index (χ2n) is 6.51. The van der Waals surface area contributed by atoms with Crippen LogP contribution >= 0.6 is 0 Å². The maximum Gasteiger partial charge on any atom is 0.260 e. The second kappa shape index (κ2) is 7.02. The van der Waals surface area contributed by atoms with E-state index in [2.05, 4.69) is 12.2 Å². The molecule has 0 spiro atoms. The van der Waals surface area contributed by atoms with E-state index in [1.54, 1.807) is 12.1 Å². The lowest BCUT2D eigenvalue weighted by atomic mass is 10.0. The molecule has 1 aromatic carbocycles. The minimum atomic E-state index is 0.0321. The number of hydrogen-bond acceptors (Lipinski definition) is 3. The largest absolute Gasteiger partial charge is 0.484 e. The number of carbonyl (C=O) groups excluding carboxylic acids is 2. The van der Waals surface area contributed by atoms with Crippen molar-refractivity contribution in [3.63, 3.8) is 0 Å². The number of piperidine rings is 1. The van der Waals surface area contributed by atoms with Crippen LogP contribution in [0.1, 0.15) is 39.0 Å². The molecule has 0 radical (unpaired) electrons. The van der Waals surface area contributed by atoms with E-state index in [1.807, 2.05) is 17.0 Å². The normalized spacial score (nSPS) is 20.9. The number of nitrogens with one attached hydrogen (secondary N) is 1. The number of ether oxygens (including phenoxy) is 1. The van der Waals surface area contributed by atoms with Crippen molar-refractivity contribution in [3.8, 4) is 5.75 Å². The maximum absolute atomic E-state index is 12.3. The summed E-state index contributed by atoms with van der Waals surface area (Å²) in [5.74, 6) is 0.878. The van der Waals surface area contributed by atoms with Gasteiger partial charge in [-0.2, -0.15) is 0 Å². The van der Waals surface area contributed by atoms with Crippen molar-refractivity contribution in [1.82, 2.24) is 4.90 Å². The molecule has 1 saturated carbocycles. The smallest absolute Gasteiger partial charge is 0.260 e. The Hall–Kier alpha value is -2.04. The van der Waals surface area contributed by atoms with Crippen molar-refractivity contribution in [2.75, 3.05) is 18.5 Å². The van der Waals surface area contributed by atoms with Crippen LogP contribution in [0.4, 0.5) is 5.69 Å². The Balaban J connectivity index is 1.53. The Kier molecular flexibility index (Phi) is 4.84. The molecule has 2 aliphatic rings. The summed E-state index contributed by atoms with van der Waals surface area (Å²) < 4.78 is 5.63. The van der Waals surface area contributed by atoms with Gasteiger partial charge in [0, 0.05) is 30.3 Å². The van der Waals surface area contributed by atoms with E-state index in [0.717, 1.165) is 37.9 Å². The van der Waals surface area contributed by atoms with Gasteiger partial charge in [-0.1, -0.05) is 6.07 Å². The molecule has 0 bridgehead atoms. The number of amides is 2. The van der Waals surface area contributed by atoms with Crippen molar-refractivity contribution in [1.29, 1.82) is 0 Å². The third-order valence-corrected chi connectivity index (χ3v) is 4.54. The lowest BCUT2D eigenvalue weighted by Gasteiger charge is -2.33. The number of rotatable bonds is 5. The monoisotopic (exact) mass is 316 g/mol. The Morgan fingerprint density at radius 1 is 1.26 bits per heavy atom. The summed E-state index contributed by atoms with van der Waals surface area (Å²) in [6.45, 7) is 2.95. The van der Waals surface area contributed by atoms with E-state index in [0.29, 0.717) is 11.8 Å². The molecule has 5 heteroatoms. The van der Waals surface area contributed by atoms with Gasteiger partial charge in [0.1, 0.15) is 5.75 Å². The highest BCUT2D eigenvalue weighted by molar-refractivity contribution is 5.94. The average molecular weight is 316 g/mol. The van der Waals surface area contributed by atoms with Gasteiger partial charge in [-0.3, -0.25) is 9.59 Å². The lowest BCUT2D eigenvalue weighted by Crippen LogP contribution is -2.44. The predicted molar refractivity (Wildman–Crippen MR) is 88.3 cm³/mol. The first-order chi connectivity index (χ1) is 11.1. The Morgan fingerprint density at radius 2 is 2.09 bits per heavy atom. The van der Waals surface area contributed by atoms with E-state index in [-0.39, 0.29) is 24.3 Å². The summed E-state index contributed by atoms with van der Waals surface area (Å²) in [6.07, 6.45) is 5.27. The number of carbonyl (C=O) groups is 2. The molecule has 5 nitrogen and oxygen atoms in total. The predicted octanol–water partition coefficient (Wildman–Crippen LogP) is 2.81. The molecule has 1 unspecified atom stereocenters. The van der Waals surface area contributed by atoms with Gasteiger partial charge < -0.3 is 15.0 Å². The zero-order valence-electron chi connectivity index (χ0n) is 13.6. The molecule has 3 rings (SSSR count). The van der Waals surface area contributed by atoms with Gasteiger partial charge in [-0.15, -0.1) is 0 Å². The zero-order chi connectivity index (χ0) is 16.2. The molecular formula is C18H24N2O3. The topological polar surface area (TPSA) is 58.6 Å². The van der Waals surface area contributed by atoms with Crippen LogP contribution in [0.15, 0.2) is 24.3 Å². The van der Waals surface area contributed by atoms with Crippen molar-refractivity contribution >= 4 is 17.5 Å². The third kappa shape index (κ3) is 4.24. The molecule has 1 atom stereocenters. The highest BCUT2D eigenvalue weighted by Gasteiger charge is 2.29. The first-order valence-corrected chi connectivity index (χ1v) is 8.46. The van der Waals surface area contributed by atoms with E-state index < -0.39 is 0 Å². The fourth-order valence-electron chi connectivity index (χ4n) is 2.95. The minimum Gasteiger partial charge on any atom is -0.484 e. The van der Waals surface area contributed by atoms with Crippen LogP contribution < -0.4 is 10.1 Å². The highest BCUT2D eigenvalue weighted by atomic mass is 16.5. The Bertz CT molecular complexity index is 583. The molecule has 1 heterocycles. The van der Waals surface area contributed by atoms with Gasteiger partial charge in [0.2, 0.25) is 5.91 Å². The minimum absolute atomic E-state index is 0.0321. The number of likely N-dealkylation sites (tertiary alicyclic amines) is 1. The second-order valence-corrected chi connectivity index (χ2v) is 6.51. The molecule has 2 amide bonds. The lowest BCUT2D eigenvalue weighted by molar-refractivity contribution is -0.136. The third-order valence-electron chi connectivity index (χ3n) is 4.54. The van der Waals surface area contributed by atoms with Crippen molar-refractivity contribution < 1.29 is 14.3 Å².